The Kier molecular flexibility index (Phi) is 4.20. The summed E-state index contributed by atoms with van der Waals surface area (Å²) < 4.78 is 15.3. The smallest absolute Gasteiger partial charge is 0.450 e. The summed E-state index contributed by atoms with van der Waals surface area (Å²) in [6, 6.07) is 14.0. The Morgan fingerprint density at radius 3 is 2.50 bits per heavy atom. The van der Waals surface area contributed by atoms with E-state index in [9.17, 15) is 9.59 Å². The first-order valence-electron chi connectivity index (χ1n) is 7.24. The fourth-order valence-electron chi connectivity index (χ4n) is 2.41. The highest BCUT2D eigenvalue weighted by molar-refractivity contribution is 6.07. The highest BCUT2D eigenvalue weighted by atomic mass is 16.7. The standard InChI is InChI=1S/C18H15NO5/c1-11-15-13(9-6-10-14(15)24-18(21)22-2)23-16(11)17(20)19-12-7-4-3-5-8-12/h3-10H,1-2H3,(H,19,20). The molecule has 0 aliphatic heterocycles. The summed E-state index contributed by atoms with van der Waals surface area (Å²) in [6.45, 7) is 1.73. The van der Waals surface area contributed by atoms with Gasteiger partial charge in [-0.2, -0.15) is 0 Å². The molecule has 1 aromatic heterocycles. The quantitative estimate of drug-likeness (QED) is 0.578. The van der Waals surface area contributed by atoms with E-state index in [1.807, 2.05) is 18.2 Å². The van der Waals surface area contributed by atoms with E-state index in [0.717, 1.165) is 0 Å². The topological polar surface area (TPSA) is 77.8 Å². The lowest BCUT2D eigenvalue weighted by Gasteiger charge is -2.04. The number of nitrogens with one attached hydrogen (secondary N) is 1. The minimum atomic E-state index is -0.835. The minimum Gasteiger partial charge on any atom is -0.450 e. The van der Waals surface area contributed by atoms with Gasteiger partial charge >= 0.3 is 6.16 Å². The SMILES string of the molecule is COC(=O)Oc1cccc2oc(C(=O)Nc3ccccc3)c(C)c12. The number of hydrogen-bond acceptors (Lipinski definition) is 5. The van der Waals surface area contributed by atoms with E-state index in [2.05, 4.69) is 10.1 Å². The molecule has 0 aliphatic carbocycles. The Labute approximate surface area is 138 Å². The summed E-state index contributed by atoms with van der Waals surface area (Å²) >= 11 is 0. The molecule has 0 aliphatic rings. The van der Waals surface area contributed by atoms with E-state index >= 15 is 0 Å². The van der Waals surface area contributed by atoms with Gasteiger partial charge in [-0.3, -0.25) is 4.79 Å². The molecule has 122 valence electrons. The number of carbonyl (C=O) groups is 2. The van der Waals surface area contributed by atoms with Crippen molar-refractivity contribution in [2.24, 2.45) is 0 Å². The fourth-order valence-corrected chi connectivity index (χ4v) is 2.41. The van der Waals surface area contributed by atoms with Gasteiger partial charge in [-0.15, -0.1) is 0 Å². The molecule has 1 amide bonds. The Balaban J connectivity index is 1.98. The van der Waals surface area contributed by atoms with Crippen LogP contribution >= 0.6 is 0 Å². The van der Waals surface area contributed by atoms with Gasteiger partial charge in [-0.05, 0) is 31.2 Å². The van der Waals surface area contributed by atoms with Crippen molar-refractivity contribution in [1.82, 2.24) is 0 Å². The summed E-state index contributed by atoms with van der Waals surface area (Å²) in [5, 5.41) is 3.32. The zero-order valence-electron chi connectivity index (χ0n) is 13.2. The largest absolute Gasteiger partial charge is 0.513 e. The average Bonchev–Trinajstić information content (AvgIpc) is 2.94. The molecule has 3 rings (SSSR count). The number of fused-ring (bicyclic) bond motifs is 1. The molecule has 0 atom stereocenters. The van der Waals surface area contributed by atoms with E-state index in [1.165, 1.54) is 7.11 Å². The second-order valence-electron chi connectivity index (χ2n) is 5.06. The lowest BCUT2D eigenvalue weighted by Crippen LogP contribution is -2.12. The molecule has 24 heavy (non-hydrogen) atoms. The van der Waals surface area contributed by atoms with Crippen LogP contribution in [0.3, 0.4) is 0 Å². The van der Waals surface area contributed by atoms with Crippen LogP contribution in [0.2, 0.25) is 0 Å². The van der Waals surface area contributed by atoms with E-state index in [0.29, 0.717) is 22.2 Å². The van der Waals surface area contributed by atoms with Gasteiger partial charge < -0.3 is 19.2 Å². The normalized spacial score (nSPS) is 10.4. The van der Waals surface area contributed by atoms with Gasteiger partial charge in [0.2, 0.25) is 0 Å². The molecule has 0 spiro atoms. The Bertz CT molecular complexity index is 898. The number of rotatable bonds is 3. The lowest BCUT2D eigenvalue weighted by molar-refractivity contribution is 0.0997. The highest BCUT2D eigenvalue weighted by Gasteiger charge is 2.21. The summed E-state index contributed by atoms with van der Waals surface area (Å²) in [7, 11) is 1.23. The Morgan fingerprint density at radius 2 is 1.79 bits per heavy atom. The minimum absolute atomic E-state index is 0.162. The molecule has 0 fully saturated rings. The van der Waals surface area contributed by atoms with E-state index in [4.69, 9.17) is 9.15 Å². The van der Waals surface area contributed by atoms with Crippen molar-refractivity contribution in [2.75, 3.05) is 12.4 Å². The third-order valence-electron chi connectivity index (χ3n) is 3.51. The highest BCUT2D eigenvalue weighted by Crippen LogP contribution is 2.33. The van der Waals surface area contributed by atoms with Crippen LogP contribution in [0.4, 0.5) is 10.5 Å². The molecule has 0 bridgehead atoms. The number of benzene rings is 2. The molecule has 0 saturated heterocycles. The van der Waals surface area contributed by atoms with E-state index < -0.39 is 6.16 Å². The number of aryl methyl sites for hydroxylation is 1. The van der Waals surface area contributed by atoms with Crippen molar-refractivity contribution in [2.45, 2.75) is 6.92 Å². The van der Waals surface area contributed by atoms with Crippen molar-refractivity contribution < 1.29 is 23.5 Å². The van der Waals surface area contributed by atoms with Crippen molar-refractivity contribution in [3.63, 3.8) is 0 Å². The summed E-state index contributed by atoms with van der Waals surface area (Å²) in [4.78, 5) is 23.8. The molecule has 0 radical (unpaired) electrons. The molecule has 3 aromatic rings. The summed E-state index contributed by atoms with van der Waals surface area (Å²) in [5.74, 6) is 0.0630. The fraction of sp³-hybridized carbons (Fsp3) is 0.111. The Morgan fingerprint density at radius 1 is 1.04 bits per heavy atom. The molecule has 0 unspecified atom stereocenters. The number of anilines is 1. The third-order valence-corrected chi connectivity index (χ3v) is 3.51. The zero-order valence-corrected chi connectivity index (χ0v) is 13.2. The number of ether oxygens (including phenoxy) is 2. The van der Waals surface area contributed by atoms with Crippen LogP contribution in [-0.4, -0.2) is 19.2 Å². The van der Waals surface area contributed by atoms with Gasteiger partial charge in [0.05, 0.1) is 12.5 Å². The average molecular weight is 325 g/mol. The van der Waals surface area contributed by atoms with Crippen LogP contribution < -0.4 is 10.1 Å². The molecule has 6 heteroatoms. The second kappa shape index (κ2) is 6.45. The van der Waals surface area contributed by atoms with Crippen molar-refractivity contribution in [3.8, 4) is 5.75 Å². The monoisotopic (exact) mass is 325 g/mol. The van der Waals surface area contributed by atoms with Crippen LogP contribution in [0.1, 0.15) is 16.1 Å². The number of hydrogen-bond donors (Lipinski definition) is 1. The van der Waals surface area contributed by atoms with Crippen LogP contribution in [0.25, 0.3) is 11.0 Å². The van der Waals surface area contributed by atoms with Gasteiger partial charge in [-0.1, -0.05) is 24.3 Å². The first-order valence-corrected chi connectivity index (χ1v) is 7.24. The maximum atomic E-state index is 12.5. The molecular weight excluding hydrogens is 310 g/mol. The molecule has 6 nitrogen and oxygen atoms in total. The van der Waals surface area contributed by atoms with Crippen molar-refractivity contribution in [3.05, 3.63) is 59.9 Å². The predicted octanol–water partition coefficient (Wildman–Crippen LogP) is 4.14. The van der Waals surface area contributed by atoms with Crippen LogP contribution in [0.5, 0.6) is 5.75 Å². The molecule has 2 aromatic carbocycles. The maximum Gasteiger partial charge on any atom is 0.513 e. The summed E-state index contributed by atoms with van der Waals surface area (Å²) in [6.07, 6.45) is -0.835. The number of carbonyl (C=O) groups excluding carboxylic acids is 2. The lowest BCUT2D eigenvalue weighted by atomic mass is 10.1. The molecule has 1 N–H and O–H groups in total. The van der Waals surface area contributed by atoms with Gasteiger partial charge in [0.15, 0.2) is 5.76 Å². The number of amides is 1. The van der Waals surface area contributed by atoms with Gasteiger partial charge in [0, 0.05) is 11.3 Å². The van der Waals surface area contributed by atoms with Gasteiger partial charge in [0.1, 0.15) is 11.3 Å². The van der Waals surface area contributed by atoms with Gasteiger partial charge in [0.25, 0.3) is 5.91 Å². The Hall–Kier alpha value is -3.28. The molecule has 0 saturated carbocycles. The second-order valence-corrected chi connectivity index (χ2v) is 5.06. The van der Waals surface area contributed by atoms with Crippen LogP contribution in [0, 0.1) is 6.92 Å². The van der Waals surface area contributed by atoms with E-state index in [-0.39, 0.29) is 17.4 Å². The van der Waals surface area contributed by atoms with Crippen LogP contribution in [0.15, 0.2) is 52.9 Å². The maximum absolute atomic E-state index is 12.5. The number of furan rings is 1. The van der Waals surface area contributed by atoms with Crippen molar-refractivity contribution in [1.29, 1.82) is 0 Å². The summed E-state index contributed by atoms with van der Waals surface area (Å²) in [5.41, 5.74) is 1.69. The number of para-hydroxylation sites is 1. The first-order chi connectivity index (χ1) is 11.6. The third kappa shape index (κ3) is 2.94. The van der Waals surface area contributed by atoms with Crippen LogP contribution in [-0.2, 0) is 4.74 Å². The van der Waals surface area contributed by atoms with Crippen molar-refractivity contribution >= 4 is 28.7 Å². The van der Waals surface area contributed by atoms with Gasteiger partial charge in [-0.25, -0.2) is 4.79 Å². The van der Waals surface area contributed by atoms with E-state index in [1.54, 1.807) is 37.3 Å². The number of methoxy groups -OCH3 is 1. The predicted molar refractivity (Wildman–Crippen MR) is 88.4 cm³/mol. The first kappa shape index (κ1) is 15.6. The molecule has 1 heterocycles. The zero-order chi connectivity index (χ0) is 17.1. The molecular formula is C18H15NO5.